The Morgan fingerprint density at radius 2 is 2.10 bits per heavy atom. The van der Waals surface area contributed by atoms with E-state index in [1.165, 1.54) is 18.5 Å². The van der Waals surface area contributed by atoms with Crippen molar-refractivity contribution in [3.05, 3.63) is 47.8 Å². The molecule has 0 unspecified atom stereocenters. The summed E-state index contributed by atoms with van der Waals surface area (Å²) in [7, 11) is 0. The summed E-state index contributed by atoms with van der Waals surface area (Å²) in [6, 6.07) is 5.72. The highest BCUT2D eigenvalue weighted by molar-refractivity contribution is 5.80. The molecular weight excluding hydrogens is 252 g/mol. The van der Waals surface area contributed by atoms with Gasteiger partial charge in [-0.2, -0.15) is 0 Å². The topological polar surface area (TPSA) is 52.2 Å². The highest BCUT2D eigenvalue weighted by Crippen LogP contribution is 2.24. The van der Waals surface area contributed by atoms with Gasteiger partial charge in [-0.05, 0) is 37.8 Å². The van der Waals surface area contributed by atoms with E-state index < -0.39 is 0 Å². The zero-order valence-electron chi connectivity index (χ0n) is 11.0. The minimum Gasteiger partial charge on any atom is -0.296 e. The van der Waals surface area contributed by atoms with Crippen LogP contribution in [-0.2, 0) is 12.8 Å². The average molecular weight is 266 g/mol. The molecule has 100 valence electrons. The van der Waals surface area contributed by atoms with Crippen molar-refractivity contribution in [1.29, 1.82) is 0 Å². The third-order valence-corrected chi connectivity index (χ3v) is 3.92. The third-order valence-electron chi connectivity index (χ3n) is 3.92. The highest BCUT2D eigenvalue weighted by Gasteiger charge is 2.20. The number of fused-ring (bicyclic) bond motifs is 2. The maximum absolute atomic E-state index is 11.5. The maximum atomic E-state index is 11.5. The second-order valence-electron chi connectivity index (χ2n) is 5.08. The fraction of sp³-hybridized carbons (Fsp3) is 0.267. The number of carbonyl (C=O) groups is 1. The smallest absolute Gasteiger partial charge is 0.170 e. The van der Waals surface area contributed by atoms with Gasteiger partial charge in [-0.1, -0.05) is 6.07 Å². The predicted molar refractivity (Wildman–Crippen MR) is 74.3 cm³/mol. The molecule has 5 nitrogen and oxygen atoms in total. The Labute approximate surface area is 115 Å². The van der Waals surface area contributed by atoms with E-state index in [1.807, 2.05) is 33.4 Å². The number of pyridine rings is 1. The molecule has 1 aliphatic rings. The number of aromatic nitrogens is 4. The molecule has 0 atom stereocenters. The lowest BCUT2D eigenvalue weighted by Crippen LogP contribution is -2.08. The van der Waals surface area contributed by atoms with Crippen LogP contribution in [0.25, 0.3) is 11.5 Å². The maximum Gasteiger partial charge on any atom is 0.170 e. The Balaban J connectivity index is 1.98. The molecule has 0 radical (unpaired) electrons. The zero-order valence-corrected chi connectivity index (χ0v) is 11.0. The molecule has 0 aromatic carbocycles. The first-order valence-corrected chi connectivity index (χ1v) is 6.86. The lowest BCUT2D eigenvalue weighted by atomic mass is 10.0. The predicted octanol–water partition coefficient (Wildman–Crippen LogP) is 2.21. The van der Waals surface area contributed by atoms with E-state index in [0.717, 1.165) is 30.5 Å². The Bertz CT molecular complexity index is 799. The van der Waals surface area contributed by atoms with Gasteiger partial charge >= 0.3 is 0 Å². The van der Waals surface area contributed by atoms with E-state index in [0.29, 0.717) is 11.5 Å². The molecule has 0 saturated carbocycles. The van der Waals surface area contributed by atoms with Gasteiger partial charge in [0.15, 0.2) is 12.1 Å². The van der Waals surface area contributed by atoms with Crippen LogP contribution in [0.3, 0.4) is 0 Å². The first-order valence-electron chi connectivity index (χ1n) is 6.86. The summed E-state index contributed by atoms with van der Waals surface area (Å²) in [6.07, 6.45) is 8.90. The van der Waals surface area contributed by atoms with Crippen molar-refractivity contribution in [1.82, 2.24) is 18.9 Å². The molecule has 0 aliphatic heterocycles. The molecular formula is C15H14N4O. The second kappa shape index (κ2) is 4.30. The van der Waals surface area contributed by atoms with Gasteiger partial charge in [0.05, 0.1) is 5.69 Å². The Morgan fingerprint density at radius 1 is 1.20 bits per heavy atom. The lowest BCUT2D eigenvalue weighted by molar-refractivity contribution is 0.111. The fourth-order valence-electron chi connectivity index (χ4n) is 2.94. The Morgan fingerprint density at radius 3 is 3.00 bits per heavy atom. The van der Waals surface area contributed by atoms with Crippen molar-refractivity contribution in [2.75, 3.05) is 0 Å². The van der Waals surface area contributed by atoms with Crippen LogP contribution in [0.1, 0.15) is 34.7 Å². The fourth-order valence-corrected chi connectivity index (χ4v) is 2.94. The number of aldehydes is 1. The Hall–Kier alpha value is -2.43. The summed E-state index contributed by atoms with van der Waals surface area (Å²) >= 11 is 0. The van der Waals surface area contributed by atoms with Crippen LogP contribution in [0, 0.1) is 0 Å². The van der Waals surface area contributed by atoms with Gasteiger partial charge in [0, 0.05) is 11.9 Å². The molecule has 4 rings (SSSR count). The number of imidazole rings is 2. The van der Waals surface area contributed by atoms with E-state index in [1.54, 1.807) is 6.33 Å². The van der Waals surface area contributed by atoms with Gasteiger partial charge in [0.2, 0.25) is 0 Å². The van der Waals surface area contributed by atoms with Gasteiger partial charge in [0.25, 0.3) is 0 Å². The molecule has 0 amide bonds. The van der Waals surface area contributed by atoms with E-state index in [-0.39, 0.29) is 0 Å². The monoisotopic (exact) mass is 266 g/mol. The van der Waals surface area contributed by atoms with Crippen LogP contribution in [-0.4, -0.2) is 25.2 Å². The van der Waals surface area contributed by atoms with E-state index in [2.05, 4.69) is 9.97 Å². The highest BCUT2D eigenvalue weighted by atomic mass is 16.1. The largest absolute Gasteiger partial charge is 0.296 e. The quantitative estimate of drug-likeness (QED) is 0.668. The van der Waals surface area contributed by atoms with Gasteiger partial charge in [-0.3, -0.25) is 13.8 Å². The molecule has 0 spiro atoms. The molecule has 3 heterocycles. The number of hydrogen-bond acceptors (Lipinski definition) is 3. The van der Waals surface area contributed by atoms with Crippen LogP contribution in [0.15, 0.2) is 30.7 Å². The molecule has 1 aliphatic carbocycles. The summed E-state index contributed by atoms with van der Waals surface area (Å²) in [5.74, 6) is 0.682. The zero-order chi connectivity index (χ0) is 13.5. The van der Waals surface area contributed by atoms with E-state index >= 15 is 0 Å². The van der Waals surface area contributed by atoms with Crippen molar-refractivity contribution in [2.24, 2.45) is 0 Å². The molecule has 0 bridgehead atoms. The minimum absolute atomic E-state index is 0.575. The summed E-state index contributed by atoms with van der Waals surface area (Å²) in [4.78, 5) is 20.5. The number of carbonyl (C=O) groups excluding carboxylic acids is 1. The minimum atomic E-state index is 0.575. The number of hydrogen-bond donors (Lipinski definition) is 0. The summed E-state index contributed by atoms with van der Waals surface area (Å²) < 4.78 is 3.79. The lowest BCUT2D eigenvalue weighted by Gasteiger charge is -2.12. The number of aryl methyl sites for hydroxylation is 1. The summed E-state index contributed by atoms with van der Waals surface area (Å²) in [5.41, 5.74) is 3.70. The van der Waals surface area contributed by atoms with Crippen molar-refractivity contribution >= 4 is 11.9 Å². The van der Waals surface area contributed by atoms with E-state index in [4.69, 9.17) is 0 Å². The van der Waals surface area contributed by atoms with Crippen molar-refractivity contribution < 1.29 is 4.79 Å². The average Bonchev–Trinajstić information content (AvgIpc) is 3.07. The molecule has 20 heavy (non-hydrogen) atoms. The van der Waals surface area contributed by atoms with Crippen LogP contribution in [0.4, 0.5) is 0 Å². The summed E-state index contributed by atoms with van der Waals surface area (Å²) in [5, 5.41) is 0. The normalized spacial score (nSPS) is 14.4. The molecule has 3 aromatic heterocycles. The van der Waals surface area contributed by atoms with E-state index in [9.17, 15) is 4.79 Å². The van der Waals surface area contributed by atoms with Crippen LogP contribution >= 0.6 is 0 Å². The Kier molecular flexibility index (Phi) is 2.45. The SMILES string of the molecule is O=Cc1c(-n2cnc3c2CCCC3)nc2ccccn12. The van der Waals surface area contributed by atoms with Crippen LogP contribution in [0.2, 0.25) is 0 Å². The summed E-state index contributed by atoms with van der Waals surface area (Å²) in [6.45, 7) is 0. The van der Waals surface area contributed by atoms with Gasteiger partial charge in [-0.25, -0.2) is 9.97 Å². The molecule has 0 N–H and O–H groups in total. The standard InChI is InChI=1S/C15H14N4O/c20-9-13-15(17-14-7-3-4-8-18(13)14)19-10-16-11-5-1-2-6-12(11)19/h3-4,7-10H,1-2,5-6H2. The van der Waals surface area contributed by atoms with Crippen molar-refractivity contribution in [2.45, 2.75) is 25.7 Å². The first-order chi connectivity index (χ1) is 9.88. The molecule has 3 aromatic rings. The molecule has 0 fully saturated rings. The van der Waals surface area contributed by atoms with Gasteiger partial charge in [-0.15, -0.1) is 0 Å². The second-order valence-corrected chi connectivity index (χ2v) is 5.08. The number of rotatable bonds is 2. The van der Waals surface area contributed by atoms with Crippen molar-refractivity contribution in [3.8, 4) is 5.82 Å². The van der Waals surface area contributed by atoms with Crippen LogP contribution < -0.4 is 0 Å². The van der Waals surface area contributed by atoms with Gasteiger partial charge in [0.1, 0.15) is 17.7 Å². The third kappa shape index (κ3) is 1.52. The van der Waals surface area contributed by atoms with Crippen molar-refractivity contribution in [3.63, 3.8) is 0 Å². The van der Waals surface area contributed by atoms with Gasteiger partial charge < -0.3 is 0 Å². The molecule has 5 heteroatoms. The first kappa shape index (κ1) is 11.4. The molecule has 0 saturated heterocycles. The number of nitrogens with zero attached hydrogens (tertiary/aromatic N) is 4. The van der Waals surface area contributed by atoms with Crippen LogP contribution in [0.5, 0.6) is 0 Å².